The van der Waals surface area contributed by atoms with E-state index in [0.717, 1.165) is 11.5 Å². The zero-order valence-electron chi connectivity index (χ0n) is 10.2. The molecular formula is C10H18N4O2S. The van der Waals surface area contributed by atoms with Gasteiger partial charge in [-0.15, -0.1) is 5.10 Å². The van der Waals surface area contributed by atoms with Crippen molar-refractivity contribution < 1.29 is 9.90 Å². The van der Waals surface area contributed by atoms with Gasteiger partial charge in [0.15, 0.2) is 0 Å². The van der Waals surface area contributed by atoms with Gasteiger partial charge in [-0.05, 0) is 24.4 Å². The summed E-state index contributed by atoms with van der Waals surface area (Å²) in [5, 5.41) is 15.8. The number of aliphatic hydroxyl groups is 1. The summed E-state index contributed by atoms with van der Waals surface area (Å²) < 4.78 is 3.78. The van der Waals surface area contributed by atoms with Gasteiger partial charge in [-0.1, -0.05) is 18.3 Å². The smallest absolute Gasteiger partial charge is 0.265 e. The van der Waals surface area contributed by atoms with E-state index in [1.807, 2.05) is 13.8 Å². The molecule has 0 spiro atoms. The Hall–Kier alpha value is -1.05. The predicted octanol–water partition coefficient (Wildman–Crippen LogP) is 0.0994. The van der Waals surface area contributed by atoms with Crippen molar-refractivity contribution in [3.63, 3.8) is 0 Å². The van der Waals surface area contributed by atoms with Crippen molar-refractivity contribution in [2.45, 2.75) is 38.8 Å². The van der Waals surface area contributed by atoms with Gasteiger partial charge in [-0.2, -0.15) is 0 Å². The number of carbonyl (C=O) groups is 1. The first-order valence-corrected chi connectivity index (χ1v) is 6.25. The molecule has 6 nitrogen and oxygen atoms in total. The van der Waals surface area contributed by atoms with Gasteiger partial charge in [-0.3, -0.25) is 4.79 Å². The summed E-state index contributed by atoms with van der Waals surface area (Å²) in [6.45, 7) is 5.72. The van der Waals surface area contributed by atoms with E-state index in [-0.39, 0.29) is 18.4 Å². The Morgan fingerprint density at radius 1 is 1.53 bits per heavy atom. The minimum Gasteiger partial charge on any atom is -0.392 e. The number of rotatable bonds is 5. The topological polar surface area (TPSA) is 101 Å². The minimum atomic E-state index is -0.653. The van der Waals surface area contributed by atoms with Gasteiger partial charge in [0.2, 0.25) is 0 Å². The molecule has 0 aliphatic rings. The molecule has 7 heteroatoms. The summed E-state index contributed by atoms with van der Waals surface area (Å²) in [4.78, 5) is 12.4. The minimum absolute atomic E-state index is 0.153. The van der Waals surface area contributed by atoms with Crippen LogP contribution in [0.15, 0.2) is 0 Å². The van der Waals surface area contributed by atoms with Crippen LogP contribution in [0.2, 0.25) is 0 Å². The molecule has 0 saturated carbocycles. The fourth-order valence-electron chi connectivity index (χ4n) is 1.19. The Balaban J connectivity index is 2.61. The quantitative estimate of drug-likeness (QED) is 0.695. The highest BCUT2D eigenvalue weighted by molar-refractivity contribution is 7.08. The van der Waals surface area contributed by atoms with Gasteiger partial charge in [0.25, 0.3) is 5.91 Å². The fourth-order valence-corrected chi connectivity index (χ4v) is 1.93. The van der Waals surface area contributed by atoms with Crippen LogP contribution >= 0.6 is 11.5 Å². The summed E-state index contributed by atoms with van der Waals surface area (Å²) in [7, 11) is 0. The van der Waals surface area contributed by atoms with Gasteiger partial charge >= 0.3 is 0 Å². The molecule has 0 saturated heterocycles. The molecule has 0 fully saturated rings. The zero-order chi connectivity index (χ0) is 13.0. The number of nitrogens with zero attached hydrogens (tertiary/aromatic N) is 2. The number of aliphatic hydroxyl groups excluding tert-OH is 1. The van der Waals surface area contributed by atoms with E-state index in [1.165, 1.54) is 0 Å². The number of hydrogen-bond donors (Lipinski definition) is 3. The van der Waals surface area contributed by atoms with E-state index < -0.39 is 12.1 Å². The van der Waals surface area contributed by atoms with Crippen LogP contribution in [0.25, 0.3) is 0 Å². The van der Waals surface area contributed by atoms with Crippen molar-refractivity contribution in [1.29, 1.82) is 0 Å². The largest absolute Gasteiger partial charge is 0.392 e. The van der Waals surface area contributed by atoms with E-state index in [0.29, 0.717) is 10.6 Å². The molecule has 1 aromatic heterocycles. The highest BCUT2D eigenvalue weighted by atomic mass is 32.1. The summed E-state index contributed by atoms with van der Waals surface area (Å²) >= 11 is 1.07. The normalized spacial score (nSPS) is 14.7. The van der Waals surface area contributed by atoms with Gasteiger partial charge in [0, 0.05) is 12.6 Å². The lowest BCUT2D eigenvalue weighted by Crippen LogP contribution is -2.43. The van der Waals surface area contributed by atoms with Crippen LogP contribution in [-0.4, -0.2) is 39.3 Å². The van der Waals surface area contributed by atoms with Gasteiger partial charge in [0.05, 0.1) is 11.8 Å². The molecule has 1 rings (SSSR count). The van der Waals surface area contributed by atoms with Gasteiger partial charge in [0.1, 0.15) is 4.88 Å². The molecule has 2 unspecified atom stereocenters. The van der Waals surface area contributed by atoms with Crippen LogP contribution in [0.3, 0.4) is 0 Å². The van der Waals surface area contributed by atoms with Crippen molar-refractivity contribution in [3.05, 3.63) is 10.6 Å². The Bertz CT molecular complexity index is 378. The maximum Gasteiger partial charge on any atom is 0.265 e. The van der Waals surface area contributed by atoms with Crippen LogP contribution in [-0.2, 0) is 0 Å². The molecule has 0 aliphatic heterocycles. The van der Waals surface area contributed by atoms with E-state index in [2.05, 4.69) is 14.9 Å². The average Bonchev–Trinajstić information content (AvgIpc) is 2.73. The number of amides is 1. The Morgan fingerprint density at radius 2 is 2.18 bits per heavy atom. The second-order valence-electron chi connectivity index (χ2n) is 4.26. The summed E-state index contributed by atoms with van der Waals surface area (Å²) in [5.74, 6) is -0.0836. The monoisotopic (exact) mass is 258 g/mol. The molecule has 96 valence electrons. The number of carbonyl (C=O) groups excluding carboxylic acids is 1. The van der Waals surface area contributed by atoms with Crippen LogP contribution in [0, 0.1) is 0 Å². The fraction of sp³-hybridized carbons (Fsp3) is 0.700. The van der Waals surface area contributed by atoms with Crippen LogP contribution in [0.1, 0.15) is 42.1 Å². The predicted molar refractivity (Wildman–Crippen MR) is 66.0 cm³/mol. The molecular weight excluding hydrogens is 240 g/mol. The lowest BCUT2D eigenvalue weighted by atomic mass is 10.1. The Morgan fingerprint density at radius 3 is 2.71 bits per heavy atom. The van der Waals surface area contributed by atoms with Crippen molar-refractivity contribution in [2.75, 3.05) is 6.54 Å². The summed E-state index contributed by atoms with van der Waals surface area (Å²) in [6.07, 6.45) is -0.653. The second-order valence-corrected chi connectivity index (χ2v) is 5.01. The second kappa shape index (κ2) is 6.04. The van der Waals surface area contributed by atoms with E-state index in [4.69, 9.17) is 5.73 Å². The molecule has 0 aliphatic carbocycles. The van der Waals surface area contributed by atoms with Crippen molar-refractivity contribution in [2.24, 2.45) is 5.73 Å². The highest BCUT2D eigenvalue weighted by Gasteiger charge is 2.19. The Kier molecular flexibility index (Phi) is 4.98. The lowest BCUT2D eigenvalue weighted by Gasteiger charge is -2.15. The van der Waals surface area contributed by atoms with Crippen LogP contribution in [0.4, 0.5) is 0 Å². The molecule has 2 atom stereocenters. The highest BCUT2D eigenvalue weighted by Crippen LogP contribution is 2.19. The molecule has 1 aromatic rings. The third kappa shape index (κ3) is 3.72. The van der Waals surface area contributed by atoms with Gasteiger partial charge in [-0.25, -0.2) is 0 Å². The SMILES string of the molecule is CC(C)c1nnsc1C(=O)NCC(N)C(C)O. The first-order valence-electron chi connectivity index (χ1n) is 5.47. The Labute approximate surface area is 104 Å². The van der Waals surface area contributed by atoms with Crippen LogP contribution in [0.5, 0.6) is 0 Å². The molecule has 17 heavy (non-hydrogen) atoms. The summed E-state index contributed by atoms with van der Waals surface area (Å²) in [6, 6.07) is -0.470. The first-order chi connectivity index (χ1) is 7.93. The zero-order valence-corrected chi connectivity index (χ0v) is 11.0. The molecule has 0 radical (unpaired) electrons. The maximum absolute atomic E-state index is 11.8. The molecule has 0 bridgehead atoms. The van der Waals surface area contributed by atoms with E-state index in [1.54, 1.807) is 6.92 Å². The maximum atomic E-state index is 11.8. The number of hydrogen-bond acceptors (Lipinski definition) is 6. The van der Waals surface area contributed by atoms with Crippen molar-refractivity contribution in [3.8, 4) is 0 Å². The number of nitrogens with two attached hydrogens (primary N) is 1. The average molecular weight is 258 g/mol. The molecule has 4 N–H and O–H groups in total. The molecule has 0 aromatic carbocycles. The van der Waals surface area contributed by atoms with Crippen molar-refractivity contribution >= 4 is 17.4 Å². The molecule has 1 amide bonds. The van der Waals surface area contributed by atoms with E-state index >= 15 is 0 Å². The third-order valence-electron chi connectivity index (χ3n) is 2.38. The molecule has 1 heterocycles. The van der Waals surface area contributed by atoms with Crippen LogP contribution < -0.4 is 11.1 Å². The number of aromatic nitrogens is 2. The number of nitrogens with one attached hydrogen (secondary N) is 1. The van der Waals surface area contributed by atoms with Crippen molar-refractivity contribution in [1.82, 2.24) is 14.9 Å². The van der Waals surface area contributed by atoms with E-state index in [9.17, 15) is 9.90 Å². The third-order valence-corrected chi connectivity index (χ3v) is 3.12. The standard InChI is InChI=1S/C10H18N4O2S/c1-5(2)8-9(17-14-13-8)10(16)12-4-7(11)6(3)15/h5-7,15H,4,11H2,1-3H3,(H,12,16). The van der Waals surface area contributed by atoms with Gasteiger partial charge < -0.3 is 16.2 Å². The summed E-state index contributed by atoms with van der Waals surface area (Å²) in [5.41, 5.74) is 6.32. The first kappa shape index (κ1) is 14.0. The lowest BCUT2D eigenvalue weighted by molar-refractivity contribution is 0.0940.